The van der Waals surface area contributed by atoms with Crippen LogP contribution >= 0.6 is 11.3 Å². The number of nitrogens with one attached hydrogen (secondary N) is 2. The highest BCUT2D eigenvalue weighted by atomic mass is 32.1. The Morgan fingerprint density at radius 1 is 1.26 bits per heavy atom. The number of methoxy groups -OCH3 is 1. The number of benzene rings is 1. The van der Waals surface area contributed by atoms with Gasteiger partial charge in [0.1, 0.15) is 17.6 Å². The highest BCUT2D eigenvalue weighted by Crippen LogP contribution is 2.29. The van der Waals surface area contributed by atoms with Crippen LogP contribution in [0, 0.1) is 5.92 Å². The summed E-state index contributed by atoms with van der Waals surface area (Å²) in [5, 5.41) is 6.15. The first-order chi connectivity index (χ1) is 16.9. The Morgan fingerprint density at radius 3 is 2.83 bits per heavy atom. The molecular formula is C23H26N6O5S. The molecule has 35 heavy (non-hydrogen) atoms. The number of carbonyl (C=O) groups is 3. The van der Waals surface area contributed by atoms with Crippen molar-refractivity contribution in [1.29, 1.82) is 0 Å². The van der Waals surface area contributed by atoms with Crippen LogP contribution in [-0.2, 0) is 20.9 Å². The number of hydrogen-bond acceptors (Lipinski definition) is 9. The molecule has 11 nitrogen and oxygen atoms in total. The summed E-state index contributed by atoms with van der Waals surface area (Å²) in [6.07, 6.45) is 2.95. The van der Waals surface area contributed by atoms with Gasteiger partial charge in [0.25, 0.3) is 5.56 Å². The summed E-state index contributed by atoms with van der Waals surface area (Å²) in [5.41, 5.74) is 0.428. The molecule has 1 unspecified atom stereocenters. The van der Waals surface area contributed by atoms with Crippen molar-refractivity contribution in [1.82, 2.24) is 19.9 Å². The third kappa shape index (κ3) is 5.32. The molecule has 0 bridgehead atoms. The lowest BCUT2D eigenvalue weighted by Crippen LogP contribution is -2.43. The second-order valence-electron chi connectivity index (χ2n) is 8.09. The van der Waals surface area contributed by atoms with Crippen LogP contribution < -0.4 is 21.1 Å². The zero-order valence-electron chi connectivity index (χ0n) is 19.4. The van der Waals surface area contributed by atoms with Gasteiger partial charge >= 0.3 is 5.97 Å². The Labute approximate surface area is 205 Å². The molecule has 2 N–H and O–H groups in total. The van der Waals surface area contributed by atoms with E-state index < -0.39 is 11.9 Å². The van der Waals surface area contributed by atoms with E-state index in [0.29, 0.717) is 34.3 Å². The molecule has 0 radical (unpaired) electrons. The minimum atomic E-state index is -0.578. The highest BCUT2D eigenvalue weighted by Gasteiger charge is 2.27. The number of anilines is 2. The van der Waals surface area contributed by atoms with Gasteiger partial charge < -0.3 is 20.3 Å². The number of esters is 1. The fraction of sp³-hybridized carbons (Fsp3) is 0.391. The van der Waals surface area contributed by atoms with Gasteiger partial charge in [0.2, 0.25) is 11.8 Å². The summed E-state index contributed by atoms with van der Waals surface area (Å²) in [6, 6.07) is 6.46. The lowest BCUT2D eigenvalue weighted by atomic mass is 9.97. The first-order valence-electron chi connectivity index (χ1n) is 11.3. The van der Waals surface area contributed by atoms with Crippen LogP contribution in [0.5, 0.6) is 0 Å². The smallest absolute Gasteiger partial charge is 0.339 e. The molecule has 12 heteroatoms. The Balaban J connectivity index is 1.51. The van der Waals surface area contributed by atoms with Crippen molar-refractivity contribution in [3.8, 4) is 0 Å². The Hall–Kier alpha value is -3.80. The number of piperidine rings is 1. The predicted octanol–water partition coefficient (Wildman–Crippen LogP) is 1.63. The molecular weight excluding hydrogens is 472 g/mol. The molecule has 1 aliphatic heterocycles. The van der Waals surface area contributed by atoms with Gasteiger partial charge in [0.15, 0.2) is 10.8 Å². The molecule has 184 valence electrons. The molecule has 0 aliphatic carbocycles. The Kier molecular flexibility index (Phi) is 7.39. The van der Waals surface area contributed by atoms with Crippen LogP contribution in [0.15, 0.2) is 35.4 Å². The molecule has 0 saturated carbocycles. The van der Waals surface area contributed by atoms with E-state index in [1.54, 1.807) is 18.2 Å². The van der Waals surface area contributed by atoms with E-state index >= 15 is 0 Å². The number of thiazole rings is 1. The minimum absolute atomic E-state index is 0.0265. The monoisotopic (exact) mass is 498 g/mol. The minimum Gasteiger partial charge on any atom is -0.465 e. The van der Waals surface area contributed by atoms with Crippen LogP contribution in [0.1, 0.15) is 30.1 Å². The molecule has 1 aromatic carbocycles. The molecule has 1 fully saturated rings. The number of rotatable bonds is 7. The maximum Gasteiger partial charge on any atom is 0.339 e. The van der Waals surface area contributed by atoms with Gasteiger partial charge in [-0.05, 0) is 31.9 Å². The van der Waals surface area contributed by atoms with E-state index in [1.807, 2.05) is 11.8 Å². The van der Waals surface area contributed by atoms with Crippen molar-refractivity contribution in [3.05, 3.63) is 46.5 Å². The number of ether oxygens (including phenoxy) is 1. The predicted molar refractivity (Wildman–Crippen MR) is 132 cm³/mol. The van der Waals surface area contributed by atoms with Gasteiger partial charge in [-0.15, -0.1) is 0 Å². The van der Waals surface area contributed by atoms with Crippen LogP contribution in [0.3, 0.4) is 0 Å². The number of aromatic nitrogens is 3. The number of nitrogens with zero attached hydrogens (tertiary/aromatic N) is 4. The number of amides is 2. The quantitative estimate of drug-likeness (QED) is 0.469. The third-order valence-electron chi connectivity index (χ3n) is 5.71. The van der Waals surface area contributed by atoms with Gasteiger partial charge in [-0.2, -0.15) is 4.98 Å². The molecule has 1 atom stereocenters. The fourth-order valence-corrected chi connectivity index (χ4v) is 4.99. The van der Waals surface area contributed by atoms with Gasteiger partial charge in [0, 0.05) is 19.6 Å². The summed E-state index contributed by atoms with van der Waals surface area (Å²) >= 11 is 1.21. The van der Waals surface area contributed by atoms with Crippen LogP contribution in [0.2, 0.25) is 0 Å². The summed E-state index contributed by atoms with van der Waals surface area (Å²) in [6.45, 7) is 3.46. The van der Waals surface area contributed by atoms with E-state index in [0.717, 1.165) is 19.4 Å². The van der Waals surface area contributed by atoms with E-state index in [4.69, 9.17) is 4.74 Å². The van der Waals surface area contributed by atoms with E-state index in [1.165, 1.54) is 35.4 Å². The van der Waals surface area contributed by atoms with Gasteiger partial charge in [-0.1, -0.05) is 23.5 Å². The van der Waals surface area contributed by atoms with Crippen LogP contribution in [0.25, 0.3) is 10.3 Å². The number of fused-ring (bicyclic) bond motifs is 1. The summed E-state index contributed by atoms with van der Waals surface area (Å²) in [5.74, 6) is -1.17. The second kappa shape index (κ2) is 10.6. The summed E-state index contributed by atoms with van der Waals surface area (Å²) < 4.78 is 6.28. The van der Waals surface area contributed by atoms with Crippen LogP contribution in [-0.4, -0.2) is 59.1 Å². The molecule has 2 amide bonds. The van der Waals surface area contributed by atoms with Crippen molar-refractivity contribution in [2.45, 2.75) is 26.3 Å². The zero-order valence-corrected chi connectivity index (χ0v) is 20.3. The van der Waals surface area contributed by atoms with Crippen molar-refractivity contribution < 1.29 is 19.1 Å². The van der Waals surface area contributed by atoms with Gasteiger partial charge in [-0.3, -0.25) is 19.0 Å². The lowest BCUT2D eigenvalue weighted by molar-refractivity contribution is -0.125. The first kappa shape index (κ1) is 24.3. The topological polar surface area (TPSA) is 136 Å². The zero-order chi connectivity index (χ0) is 24.9. The van der Waals surface area contributed by atoms with Crippen molar-refractivity contribution in [2.24, 2.45) is 5.92 Å². The van der Waals surface area contributed by atoms with Gasteiger partial charge in [-0.25, -0.2) is 9.78 Å². The second-order valence-corrected chi connectivity index (χ2v) is 9.07. The number of hydrogen-bond donors (Lipinski definition) is 2. The van der Waals surface area contributed by atoms with Crippen molar-refractivity contribution >= 4 is 50.3 Å². The van der Waals surface area contributed by atoms with E-state index in [2.05, 4.69) is 20.6 Å². The molecule has 2 aromatic heterocycles. The average Bonchev–Trinajstić information content (AvgIpc) is 3.31. The van der Waals surface area contributed by atoms with E-state index in [-0.39, 0.29) is 29.5 Å². The van der Waals surface area contributed by atoms with Crippen molar-refractivity contribution in [3.63, 3.8) is 0 Å². The Bertz CT molecular complexity index is 1320. The first-order valence-corrected chi connectivity index (χ1v) is 12.1. The number of para-hydroxylation sites is 1. The largest absolute Gasteiger partial charge is 0.465 e. The maximum absolute atomic E-state index is 13.0. The Morgan fingerprint density at radius 2 is 2.06 bits per heavy atom. The highest BCUT2D eigenvalue weighted by molar-refractivity contribution is 7.22. The number of carbonyl (C=O) groups excluding carboxylic acids is 3. The molecule has 0 spiro atoms. The van der Waals surface area contributed by atoms with Crippen molar-refractivity contribution in [2.75, 3.05) is 37.0 Å². The van der Waals surface area contributed by atoms with E-state index in [9.17, 15) is 19.2 Å². The van der Waals surface area contributed by atoms with Crippen LogP contribution in [0.4, 0.5) is 10.8 Å². The molecule has 1 saturated heterocycles. The summed E-state index contributed by atoms with van der Waals surface area (Å²) in [4.78, 5) is 60.7. The lowest BCUT2D eigenvalue weighted by Gasteiger charge is -2.31. The SMILES string of the molecule is CCNC(=O)C1CCCN(c2nc3ncn(CC(=O)Nc4ccccc4C(=O)OC)c(=O)c3s2)C1. The summed E-state index contributed by atoms with van der Waals surface area (Å²) in [7, 11) is 1.26. The third-order valence-corrected chi connectivity index (χ3v) is 6.80. The average molecular weight is 499 g/mol. The molecule has 3 heterocycles. The normalized spacial score (nSPS) is 15.6. The standard InChI is InChI=1S/C23H26N6O5S/c1-3-24-20(31)14-7-6-10-28(11-14)23-27-19-18(35-23)21(32)29(13-25-19)12-17(30)26-16-9-5-4-8-15(16)22(33)34-2/h4-5,8-9,13-14H,3,6-7,10-12H2,1-2H3,(H,24,31)(H,26,30). The molecule has 3 aromatic rings. The fourth-order valence-electron chi connectivity index (χ4n) is 3.99. The maximum atomic E-state index is 13.0. The molecule has 4 rings (SSSR count). The molecule has 1 aliphatic rings. The van der Waals surface area contributed by atoms with Gasteiger partial charge in [0.05, 0.1) is 24.3 Å².